The Morgan fingerprint density at radius 3 is 2.79 bits per heavy atom. The summed E-state index contributed by atoms with van der Waals surface area (Å²) < 4.78 is 14.9. The first-order chi connectivity index (χ1) is 9.11. The lowest BCUT2D eigenvalue weighted by Gasteiger charge is -2.11. The third-order valence-electron chi connectivity index (χ3n) is 2.85. The minimum absolute atomic E-state index is 0.164. The van der Waals surface area contributed by atoms with Crippen molar-refractivity contribution in [2.45, 2.75) is 17.6 Å². The van der Waals surface area contributed by atoms with E-state index in [0.717, 1.165) is 15.1 Å². The minimum atomic E-state index is -0.164. The van der Waals surface area contributed by atoms with E-state index in [1.807, 2.05) is 19.2 Å². The van der Waals surface area contributed by atoms with E-state index in [-0.39, 0.29) is 5.82 Å². The highest BCUT2D eigenvalue weighted by molar-refractivity contribution is 9.10. The Bertz CT molecular complexity index is 586. The summed E-state index contributed by atoms with van der Waals surface area (Å²) in [6, 6.07) is 11.3. The number of hydrogen-bond donors (Lipinski definition) is 1. The van der Waals surface area contributed by atoms with E-state index >= 15 is 0 Å². The zero-order chi connectivity index (χ0) is 13.8. The molecule has 0 bridgehead atoms. The van der Waals surface area contributed by atoms with Gasteiger partial charge in [-0.1, -0.05) is 12.1 Å². The number of benzene rings is 2. The second-order valence-electron chi connectivity index (χ2n) is 4.24. The van der Waals surface area contributed by atoms with Crippen LogP contribution in [0.5, 0.6) is 0 Å². The van der Waals surface area contributed by atoms with Gasteiger partial charge in [-0.25, -0.2) is 4.39 Å². The van der Waals surface area contributed by atoms with Gasteiger partial charge in [0.25, 0.3) is 0 Å². The van der Waals surface area contributed by atoms with Crippen molar-refractivity contribution in [3.8, 4) is 0 Å². The van der Waals surface area contributed by atoms with Gasteiger partial charge in [0, 0.05) is 33.4 Å². The molecule has 0 radical (unpaired) electrons. The van der Waals surface area contributed by atoms with Crippen molar-refractivity contribution in [2.24, 2.45) is 0 Å². The maximum atomic E-state index is 13.9. The van der Waals surface area contributed by atoms with E-state index in [2.05, 4.69) is 40.3 Å². The third-order valence-corrected chi connectivity index (χ3v) is 4.88. The highest BCUT2D eigenvalue weighted by atomic mass is 79.9. The Morgan fingerprint density at radius 1 is 1.26 bits per heavy atom. The maximum Gasteiger partial charge on any atom is 0.129 e. The molecule has 0 heterocycles. The van der Waals surface area contributed by atoms with Crippen molar-refractivity contribution >= 4 is 33.4 Å². The molecule has 0 aromatic heterocycles. The van der Waals surface area contributed by atoms with Gasteiger partial charge >= 0.3 is 0 Å². The lowest BCUT2D eigenvalue weighted by Crippen LogP contribution is -1.97. The SMILES string of the molecule is CNc1cccc(F)c1CSc1cc(C)ccc1Br. The number of halogens is 2. The van der Waals surface area contributed by atoms with Gasteiger partial charge in [-0.3, -0.25) is 0 Å². The van der Waals surface area contributed by atoms with Crippen molar-refractivity contribution in [1.29, 1.82) is 0 Å². The summed E-state index contributed by atoms with van der Waals surface area (Å²) in [4.78, 5) is 1.13. The smallest absolute Gasteiger partial charge is 0.129 e. The fourth-order valence-corrected chi connectivity index (χ4v) is 3.47. The van der Waals surface area contributed by atoms with Gasteiger partial charge in [0.05, 0.1) is 0 Å². The van der Waals surface area contributed by atoms with Crippen LogP contribution in [-0.4, -0.2) is 7.05 Å². The van der Waals surface area contributed by atoms with Crippen molar-refractivity contribution in [3.05, 3.63) is 57.8 Å². The second kappa shape index (κ2) is 6.44. The molecule has 0 spiro atoms. The Morgan fingerprint density at radius 2 is 2.05 bits per heavy atom. The van der Waals surface area contributed by atoms with E-state index < -0.39 is 0 Å². The molecule has 0 atom stereocenters. The Kier molecular flexibility index (Phi) is 4.88. The van der Waals surface area contributed by atoms with Crippen LogP contribution in [0.4, 0.5) is 10.1 Å². The number of thioether (sulfide) groups is 1. The van der Waals surface area contributed by atoms with Crippen LogP contribution in [0, 0.1) is 12.7 Å². The molecule has 2 aromatic carbocycles. The van der Waals surface area contributed by atoms with Gasteiger partial charge in [-0.15, -0.1) is 11.8 Å². The molecule has 0 unspecified atom stereocenters. The van der Waals surface area contributed by atoms with Gasteiger partial charge in [0.1, 0.15) is 5.82 Å². The molecule has 0 saturated carbocycles. The van der Waals surface area contributed by atoms with Crippen LogP contribution in [0.2, 0.25) is 0 Å². The minimum Gasteiger partial charge on any atom is -0.388 e. The van der Waals surface area contributed by atoms with E-state index in [1.165, 1.54) is 11.6 Å². The summed E-state index contributed by atoms with van der Waals surface area (Å²) in [6.45, 7) is 2.05. The number of rotatable bonds is 4. The molecule has 1 nitrogen and oxygen atoms in total. The Balaban J connectivity index is 2.21. The van der Waals surface area contributed by atoms with Gasteiger partial charge in [0.15, 0.2) is 0 Å². The van der Waals surface area contributed by atoms with Gasteiger partial charge in [-0.05, 0) is 52.7 Å². The molecule has 0 aliphatic heterocycles. The van der Waals surface area contributed by atoms with E-state index in [1.54, 1.807) is 17.8 Å². The summed E-state index contributed by atoms with van der Waals surface area (Å²) in [5, 5.41) is 3.03. The highest BCUT2D eigenvalue weighted by Gasteiger charge is 2.09. The molecular formula is C15H15BrFNS. The molecule has 4 heteroatoms. The Labute approximate surface area is 125 Å². The zero-order valence-corrected chi connectivity index (χ0v) is 13.2. The first-order valence-corrected chi connectivity index (χ1v) is 7.73. The maximum absolute atomic E-state index is 13.9. The van der Waals surface area contributed by atoms with E-state index in [0.29, 0.717) is 11.3 Å². The first-order valence-electron chi connectivity index (χ1n) is 5.96. The van der Waals surface area contributed by atoms with Crippen LogP contribution < -0.4 is 5.32 Å². The molecular weight excluding hydrogens is 325 g/mol. The lowest BCUT2D eigenvalue weighted by atomic mass is 10.2. The van der Waals surface area contributed by atoms with Crippen molar-refractivity contribution in [1.82, 2.24) is 0 Å². The number of aryl methyl sites for hydroxylation is 1. The van der Waals surface area contributed by atoms with Crippen molar-refractivity contribution in [3.63, 3.8) is 0 Å². The van der Waals surface area contributed by atoms with Crippen LogP contribution in [0.25, 0.3) is 0 Å². The van der Waals surface area contributed by atoms with Crippen LogP contribution >= 0.6 is 27.7 Å². The number of nitrogens with one attached hydrogen (secondary N) is 1. The second-order valence-corrected chi connectivity index (χ2v) is 6.11. The number of hydrogen-bond acceptors (Lipinski definition) is 2. The normalized spacial score (nSPS) is 10.5. The molecule has 0 aliphatic rings. The van der Waals surface area contributed by atoms with Crippen molar-refractivity contribution in [2.75, 3.05) is 12.4 Å². The molecule has 2 rings (SSSR count). The van der Waals surface area contributed by atoms with Crippen LogP contribution in [0.15, 0.2) is 45.8 Å². The predicted molar refractivity (Wildman–Crippen MR) is 84.4 cm³/mol. The Hall–Kier alpha value is -1.00. The average molecular weight is 340 g/mol. The van der Waals surface area contributed by atoms with E-state index in [4.69, 9.17) is 0 Å². The number of anilines is 1. The standard InChI is InChI=1S/C15H15BrFNS/c1-10-6-7-12(16)15(8-10)19-9-11-13(17)4-3-5-14(11)18-2/h3-8,18H,9H2,1-2H3. The summed E-state index contributed by atoms with van der Waals surface area (Å²) in [5.74, 6) is 0.438. The molecule has 0 fully saturated rings. The van der Waals surface area contributed by atoms with E-state index in [9.17, 15) is 4.39 Å². The molecule has 1 N–H and O–H groups in total. The summed E-state index contributed by atoms with van der Waals surface area (Å²) in [5.41, 5.74) is 2.76. The van der Waals surface area contributed by atoms with Crippen molar-refractivity contribution < 1.29 is 4.39 Å². The third kappa shape index (κ3) is 3.51. The monoisotopic (exact) mass is 339 g/mol. The van der Waals surface area contributed by atoms with Gasteiger partial charge < -0.3 is 5.32 Å². The average Bonchev–Trinajstić information content (AvgIpc) is 2.40. The summed E-state index contributed by atoms with van der Waals surface area (Å²) in [6.07, 6.45) is 0. The predicted octanol–water partition coefficient (Wildman–Crippen LogP) is 5.23. The molecule has 0 aliphatic carbocycles. The van der Waals surface area contributed by atoms with Crippen LogP contribution in [0.1, 0.15) is 11.1 Å². The quantitative estimate of drug-likeness (QED) is 0.765. The van der Waals surface area contributed by atoms with Crippen LogP contribution in [-0.2, 0) is 5.75 Å². The fourth-order valence-electron chi connectivity index (χ4n) is 1.81. The molecule has 2 aromatic rings. The zero-order valence-electron chi connectivity index (χ0n) is 10.8. The van der Waals surface area contributed by atoms with Gasteiger partial charge in [-0.2, -0.15) is 0 Å². The lowest BCUT2D eigenvalue weighted by molar-refractivity contribution is 0.618. The summed E-state index contributed by atoms with van der Waals surface area (Å²) in [7, 11) is 1.81. The summed E-state index contributed by atoms with van der Waals surface area (Å²) >= 11 is 5.16. The molecule has 100 valence electrons. The topological polar surface area (TPSA) is 12.0 Å². The van der Waals surface area contributed by atoms with Gasteiger partial charge in [0.2, 0.25) is 0 Å². The fraction of sp³-hybridized carbons (Fsp3) is 0.200. The molecule has 0 saturated heterocycles. The largest absolute Gasteiger partial charge is 0.388 e. The first kappa shape index (κ1) is 14.4. The van der Waals surface area contributed by atoms with Crippen LogP contribution in [0.3, 0.4) is 0 Å². The molecule has 0 amide bonds. The molecule has 19 heavy (non-hydrogen) atoms. The highest BCUT2D eigenvalue weighted by Crippen LogP contribution is 2.33.